The highest BCUT2D eigenvalue weighted by molar-refractivity contribution is 7.89. The Kier molecular flexibility index (Phi) is 5.50. The van der Waals surface area contributed by atoms with Crippen LogP contribution in [-0.2, 0) is 27.8 Å². The quantitative estimate of drug-likeness (QED) is 0.820. The van der Waals surface area contributed by atoms with E-state index in [0.29, 0.717) is 24.5 Å². The van der Waals surface area contributed by atoms with Gasteiger partial charge in [-0.15, -0.1) is 11.3 Å². The summed E-state index contributed by atoms with van der Waals surface area (Å²) in [5.41, 5.74) is 1.07. The maximum atomic E-state index is 12.9. The number of carbonyl (C=O) groups is 1. The molecule has 1 aromatic heterocycles. The van der Waals surface area contributed by atoms with Gasteiger partial charge in [0, 0.05) is 37.5 Å². The number of amides is 1. The second-order valence-corrected chi connectivity index (χ2v) is 10.4. The Bertz CT molecular complexity index is 959. The number of hydrogen-bond donors (Lipinski definition) is 1. The molecule has 1 atom stereocenters. The van der Waals surface area contributed by atoms with E-state index in [1.54, 1.807) is 30.3 Å². The normalized spacial score (nSPS) is 21.2. The van der Waals surface area contributed by atoms with Crippen LogP contribution in [0.15, 0.2) is 35.2 Å². The first-order valence-electron chi connectivity index (χ1n) is 9.46. The number of benzene rings is 1. The molecule has 1 N–H and O–H groups in total. The highest BCUT2D eigenvalue weighted by Crippen LogP contribution is 2.29. The number of fused-ring (bicyclic) bond motifs is 1. The molecule has 0 aliphatic carbocycles. The van der Waals surface area contributed by atoms with Crippen molar-refractivity contribution in [3.63, 3.8) is 0 Å². The fourth-order valence-electron chi connectivity index (χ4n) is 3.70. The van der Waals surface area contributed by atoms with Crippen molar-refractivity contribution in [2.24, 2.45) is 5.92 Å². The molecule has 3 heterocycles. The van der Waals surface area contributed by atoms with Gasteiger partial charge in [0.05, 0.1) is 16.5 Å². The maximum absolute atomic E-state index is 12.9. The van der Waals surface area contributed by atoms with Crippen LogP contribution in [0.3, 0.4) is 0 Å². The summed E-state index contributed by atoms with van der Waals surface area (Å²) in [5.74, 6) is -0.511. The predicted molar refractivity (Wildman–Crippen MR) is 109 cm³/mol. The van der Waals surface area contributed by atoms with Crippen molar-refractivity contribution < 1.29 is 13.2 Å². The highest BCUT2D eigenvalue weighted by Gasteiger charge is 2.33. The minimum absolute atomic E-state index is 0.146. The topological polar surface area (TPSA) is 82.6 Å². The van der Waals surface area contributed by atoms with Gasteiger partial charge in [-0.25, -0.2) is 13.4 Å². The van der Waals surface area contributed by atoms with Crippen LogP contribution in [0.25, 0.3) is 0 Å². The molecule has 2 aliphatic rings. The van der Waals surface area contributed by atoms with E-state index in [2.05, 4.69) is 22.2 Å². The summed E-state index contributed by atoms with van der Waals surface area (Å²) in [7, 11) is -1.50. The van der Waals surface area contributed by atoms with Crippen LogP contribution in [-0.4, -0.2) is 55.2 Å². The monoisotopic (exact) mass is 420 g/mol. The lowest BCUT2D eigenvalue weighted by Crippen LogP contribution is -2.43. The second kappa shape index (κ2) is 7.90. The molecule has 28 heavy (non-hydrogen) atoms. The summed E-state index contributed by atoms with van der Waals surface area (Å²) in [5, 5.41) is 3.54. The smallest absolute Gasteiger partial charge is 0.243 e. The number of anilines is 1. The standard InChI is InChI=1S/C19H24N4O3S2/c1-22-11-9-16-17(13-22)27-19(20-16)21-18(24)14-6-5-10-23(12-14)28(25,26)15-7-3-2-4-8-15/h2-4,7-8,14H,5-6,9-13H2,1H3,(H,20,21,24). The number of aromatic nitrogens is 1. The van der Waals surface area contributed by atoms with E-state index in [-0.39, 0.29) is 23.3 Å². The Morgan fingerprint density at radius 2 is 2.04 bits per heavy atom. The van der Waals surface area contributed by atoms with E-state index in [0.717, 1.165) is 25.2 Å². The zero-order valence-corrected chi connectivity index (χ0v) is 17.4. The molecule has 2 aromatic rings. The highest BCUT2D eigenvalue weighted by atomic mass is 32.2. The van der Waals surface area contributed by atoms with Gasteiger partial charge in [-0.3, -0.25) is 4.79 Å². The number of nitrogens with zero attached hydrogens (tertiary/aromatic N) is 3. The van der Waals surface area contributed by atoms with Gasteiger partial charge in [0.2, 0.25) is 15.9 Å². The number of likely N-dealkylation sites (N-methyl/N-ethyl adjacent to an activating group) is 1. The zero-order chi connectivity index (χ0) is 19.7. The van der Waals surface area contributed by atoms with Crippen LogP contribution in [0, 0.1) is 5.92 Å². The molecule has 0 saturated carbocycles. The van der Waals surface area contributed by atoms with Crippen molar-refractivity contribution in [2.75, 3.05) is 32.0 Å². The average Bonchev–Trinajstić information content (AvgIpc) is 3.10. The van der Waals surface area contributed by atoms with E-state index < -0.39 is 10.0 Å². The minimum Gasteiger partial charge on any atom is -0.302 e. The Morgan fingerprint density at radius 1 is 1.25 bits per heavy atom. The number of sulfonamides is 1. The van der Waals surface area contributed by atoms with Gasteiger partial charge in [-0.05, 0) is 32.0 Å². The van der Waals surface area contributed by atoms with E-state index in [9.17, 15) is 13.2 Å². The third-order valence-electron chi connectivity index (χ3n) is 5.29. The predicted octanol–water partition coefficient (Wildman–Crippen LogP) is 2.17. The zero-order valence-electron chi connectivity index (χ0n) is 15.8. The van der Waals surface area contributed by atoms with Crippen molar-refractivity contribution in [3.05, 3.63) is 40.9 Å². The molecule has 2 aliphatic heterocycles. The van der Waals surface area contributed by atoms with Crippen molar-refractivity contribution >= 4 is 32.4 Å². The lowest BCUT2D eigenvalue weighted by Gasteiger charge is -2.31. The molecular formula is C19H24N4O3S2. The third-order valence-corrected chi connectivity index (χ3v) is 8.17. The van der Waals surface area contributed by atoms with Crippen LogP contribution >= 0.6 is 11.3 Å². The number of carbonyl (C=O) groups excluding carboxylic acids is 1. The molecule has 9 heteroatoms. The van der Waals surface area contributed by atoms with Crippen molar-refractivity contribution in [1.82, 2.24) is 14.2 Å². The van der Waals surface area contributed by atoms with Crippen molar-refractivity contribution in [2.45, 2.75) is 30.7 Å². The molecule has 4 rings (SSSR count). The van der Waals surface area contributed by atoms with Crippen LogP contribution in [0.2, 0.25) is 0 Å². The average molecular weight is 421 g/mol. The van der Waals surface area contributed by atoms with Gasteiger partial charge in [-0.1, -0.05) is 18.2 Å². The van der Waals surface area contributed by atoms with Gasteiger partial charge in [-0.2, -0.15) is 4.31 Å². The van der Waals surface area contributed by atoms with Crippen molar-refractivity contribution in [3.8, 4) is 0 Å². The first-order chi connectivity index (χ1) is 13.4. The number of hydrogen-bond acceptors (Lipinski definition) is 6. The Balaban J connectivity index is 1.44. The van der Waals surface area contributed by atoms with Crippen LogP contribution in [0.5, 0.6) is 0 Å². The molecule has 1 aromatic carbocycles. The molecule has 1 fully saturated rings. The van der Waals surface area contributed by atoms with Gasteiger partial charge in [0.1, 0.15) is 0 Å². The van der Waals surface area contributed by atoms with E-state index in [4.69, 9.17) is 0 Å². The fraction of sp³-hybridized carbons (Fsp3) is 0.474. The molecule has 1 saturated heterocycles. The first kappa shape index (κ1) is 19.5. The number of nitrogens with one attached hydrogen (secondary N) is 1. The SMILES string of the molecule is CN1CCc2nc(NC(=O)C3CCCN(S(=O)(=O)c4ccccc4)C3)sc2C1. The molecule has 150 valence electrons. The lowest BCUT2D eigenvalue weighted by molar-refractivity contribution is -0.120. The Morgan fingerprint density at radius 3 is 2.82 bits per heavy atom. The maximum Gasteiger partial charge on any atom is 0.243 e. The minimum atomic E-state index is -3.57. The van der Waals surface area contributed by atoms with Gasteiger partial charge in [0.15, 0.2) is 5.13 Å². The first-order valence-corrected chi connectivity index (χ1v) is 11.7. The van der Waals surface area contributed by atoms with E-state index in [1.165, 1.54) is 20.5 Å². The molecule has 1 amide bonds. The summed E-state index contributed by atoms with van der Waals surface area (Å²) >= 11 is 1.52. The summed E-state index contributed by atoms with van der Waals surface area (Å²) in [6.07, 6.45) is 2.24. The Labute approximate surface area is 169 Å². The van der Waals surface area contributed by atoms with E-state index in [1.807, 2.05) is 0 Å². The van der Waals surface area contributed by atoms with Crippen molar-refractivity contribution in [1.29, 1.82) is 0 Å². The number of piperidine rings is 1. The summed E-state index contributed by atoms with van der Waals surface area (Å²) in [6.45, 7) is 2.48. The van der Waals surface area contributed by atoms with Gasteiger partial charge in [0.25, 0.3) is 0 Å². The molecule has 0 radical (unpaired) electrons. The van der Waals surface area contributed by atoms with Crippen LogP contribution in [0.4, 0.5) is 5.13 Å². The molecular weight excluding hydrogens is 396 g/mol. The molecule has 0 bridgehead atoms. The molecule has 0 spiro atoms. The summed E-state index contributed by atoms with van der Waals surface area (Å²) < 4.78 is 27.1. The van der Waals surface area contributed by atoms with Crippen LogP contribution < -0.4 is 5.32 Å². The Hall–Kier alpha value is -1.81. The fourth-order valence-corrected chi connectivity index (χ4v) is 6.34. The van der Waals surface area contributed by atoms with Crippen LogP contribution in [0.1, 0.15) is 23.4 Å². The second-order valence-electron chi connectivity index (χ2n) is 7.38. The summed E-state index contributed by atoms with van der Waals surface area (Å²) in [6, 6.07) is 8.40. The third kappa shape index (κ3) is 3.98. The van der Waals surface area contributed by atoms with Gasteiger partial charge < -0.3 is 10.2 Å². The summed E-state index contributed by atoms with van der Waals surface area (Å²) in [4.78, 5) is 21.0. The number of thiazole rings is 1. The molecule has 1 unspecified atom stereocenters. The number of rotatable bonds is 4. The largest absolute Gasteiger partial charge is 0.302 e. The molecule has 7 nitrogen and oxygen atoms in total. The van der Waals surface area contributed by atoms with E-state index >= 15 is 0 Å². The van der Waals surface area contributed by atoms with Gasteiger partial charge >= 0.3 is 0 Å². The lowest BCUT2D eigenvalue weighted by atomic mass is 9.99.